The number of carbonyl (C=O) groups is 2. The van der Waals surface area contributed by atoms with Crippen LogP contribution in [-0.2, 0) is 9.53 Å². The van der Waals surface area contributed by atoms with E-state index in [9.17, 15) is 14.7 Å². The van der Waals surface area contributed by atoms with Gasteiger partial charge in [-0.15, -0.1) is 0 Å². The number of ether oxygens (including phenoxy) is 1. The highest BCUT2D eigenvalue weighted by atomic mass is 16.5. The summed E-state index contributed by atoms with van der Waals surface area (Å²) in [6, 6.07) is 11.0. The largest absolute Gasteiger partial charge is 0.481 e. The molecule has 0 spiro atoms. The first-order valence-electron chi connectivity index (χ1n) is 7.56. The topological polar surface area (TPSA) is 88.5 Å². The Hall–Kier alpha value is -2.47. The minimum atomic E-state index is -0.954. The second-order valence-electron chi connectivity index (χ2n) is 5.77. The molecule has 1 aliphatic rings. The van der Waals surface area contributed by atoms with Crippen molar-refractivity contribution in [3.63, 3.8) is 0 Å². The number of hydrogen-bond acceptors (Lipinski definition) is 4. The highest BCUT2D eigenvalue weighted by Crippen LogP contribution is 2.30. The lowest BCUT2D eigenvalue weighted by Crippen LogP contribution is -2.46. The van der Waals surface area contributed by atoms with Crippen LogP contribution in [0.15, 0.2) is 36.4 Å². The van der Waals surface area contributed by atoms with Crippen molar-refractivity contribution in [1.29, 1.82) is 0 Å². The molecule has 0 aliphatic carbocycles. The molecule has 1 amide bonds. The molecule has 23 heavy (non-hydrogen) atoms. The number of benzene rings is 1. The molecule has 0 unspecified atom stereocenters. The number of aromatic nitrogens is 1. The van der Waals surface area contributed by atoms with E-state index in [-0.39, 0.29) is 18.1 Å². The van der Waals surface area contributed by atoms with Gasteiger partial charge in [-0.05, 0) is 25.0 Å². The Morgan fingerprint density at radius 3 is 2.65 bits per heavy atom. The second kappa shape index (κ2) is 6.34. The van der Waals surface area contributed by atoms with Crippen molar-refractivity contribution in [2.75, 3.05) is 19.8 Å². The number of carboxylic acids is 1. The number of pyridine rings is 1. The fourth-order valence-corrected chi connectivity index (χ4v) is 2.76. The normalized spacial score (nSPS) is 16.9. The molecule has 120 valence electrons. The first-order valence-corrected chi connectivity index (χ1v) is 7.56. The van der Waals surface area contributed by atoms with Gasteiger partial charge in [-0.1, -0.05) is 24.3 Å². The lowest BCUT2D eigenvalue weighted by Gasteiger charge is -2.33. The van der Waals surface area contributed by atoms with Crippen molar-refractivity contribution in [2.24, 2.45) is 5.41 Å². The van der Waals surface area contributed by atoms with Gasteiger partial charge in [-0.25, -0.2) is 4.98 Å². The van der Waals surface area contributed by atoms with E-state index in [0.29, 0.717) is 26.1 Å². The monoisotopic (exact) mass is 314 g/mol. The Morgan fingerprint density at radius 1 is 1.17 bits per heavy atom. The molecule has 0 radical (unpaired) electrons. The molecule has 6 heteroatoms. The summed E-state index contributed by atoms with van der Waals surface area (Å²) < 4.78 is 5.23. The van der Waals surface area contributed by atoms with E-state index in [4.69, 9.17) is 4.74 Å². The van der Waals surface area contributed by atoms with Crippen LogP contribution in [0.4, 0.5) is 0 Å². The fourth-order valence-electron chi connectivity index (χ4n) is 2.76. The molecule has 2 heterocycles. The number of amides is 1. The van der Waals surface area contributed by atoms with Gasteiger partial charge in [0.15, 0.2) is 0 Å². The van der Waals surface area contributed by atoms with Crippen LogP contribution in [0.25, 0.3) is 10.9 Å². The van der Waals surface area contributed by atoms with E-state index in [1.165, 1.54) is 0 Å². The smallest absolute Gasteiger partial charge is 0.311 e. The summed E-state index contributed by atoms with van der Waals surface area (Å²) >= 11 is 0. The quantitative estimate of drug-likeness (QED) is 0.899. The van der Waals surface area contributed by atoms with Crippen LogP contribution in [0.1, 0.15) is 23.3 Å². The van der Waals surface area contributed by atoms with Crippen LogP contribution in [0.3, 0.4) is 0 Å². The first kappa shape index (κ1) is 15.4. The third kappa shape index (κ3) is 3.17. The number of fused-ring (bicyclic) bond motifs is 1. The predicted molar refractivity (Wildman–Crippen MR) is 84.2 cm³/mol. The predicted octanol–water partition coefficient (Wildman–Crippen LogP) is 1.85. The zero-order valence-electron chi connectivity index (χ0n) is 12.6. The standard InChI is InChI=1S/C17H18N2O4/c20-15(14-6-5-12-3-1-2-4-13(12)19-14)18-11-17(16(21)22)7-9-23-10-8-17/h1-6H,7-11H2,(H,18,20)(H,21,22). The summed E-state index contributed by atoms with van der Waals surface area (Å²) in [4.78, 5) is 28.2. The van der Waals surface area contributed by atoms with E-state index >= 15 is 0 Å². The summed E-state index contributed by atoms with van der Waals surface area (Å²) in [6.07, 6.45) is 0.793. The first-order chi connectivity index (χ1) is 11.1. The fraction of sp³-hybridized carbons (Fsp3) is 0.353. The Labute approximate surface area is 133 Å². The van der Waals surface area contributed by atoms with Crippen molar-refractivity contribution in [3.05, 3.63) is 42.1 Å². The van der Waals surface area contributed by atoms with E-state index < -0.39 is 11.4 Å². The molecule has 1 aromatic heterocycles. The van der Waals surface area contributed by atoms with Gasteiger partial charge < -0.3 is 15.2 Å². The molecule has 2 N–H and O–H groups in total. The molecule has 0 bridgehead atoms. The van der Waals surface area contributed by atoms with Crippen LogP contribution in [0.5, 0.6) is 0 Å². The van der Waals surface area contributed by atoms with Crippen LogP contribution in [0.2, 0.25) is 0 Å². The average molecular weight is 314 g/mol. The molecular weight excluding hydrogens is 296 g/mol. The third-order valence-electron chi connectivity index (χ3n) is 4.32. The number of aliphatic carboxylic acids is 1. The van der Waals surface area contributed by atoms with Gasteiger partial charge in [0.1, 0.15) is 5.69 Å². The highest BCUT2D eigenvalue weighted by Gasteiger charge is 2.40. The zero-order chi connectivity index (χ0) is 16.3. The molecule has 3 rings (SSSR count). The highest BCUT2D eigenvalue weighted by molar-refractivity contribution is 5.95. The molecule has 0 saturated carbocycles. The molecule has 0 atom stereocenters. The third-order valence-corrected chi connectivity index (χ3v) is 4.32. The van der Waals surface area contributed by atoms with Gasteiger partial charge in [-0.2, -0.15) is 0 Å². The number of nitrogens with one attached hydrogen (secondary N) is 1. The Bertz CT molecular complexity index is 738. The SMILES string of the molecule is O=C(NCC1(C(=O)O)CCOCC1)c1ccc2ccccc2n1. The number of rotatable bonds is 4. The second-order valence-corrected chi connectivity index (χ2v) is 5.77. The van der Waals surface area contributed by atoms with Crippen LogP contribution in [0, 0.1) is 5.41 Å². The van der Waals surface area contributed by atoms with Gasteiger partial charge in [0.25, 0.3) is 5.91 Å². The summed E-state index contributed by atoms with van der Waals surface area (Å²) in [5.74, 6) is -1.25. The number of hydrogen-bond donors (Lipinski definition) is 2. The van der Waals surface area contributed by atoms with E-state index in [1.807, 2.05) is 30.3 Å². The molecule has 1 aliphatic heterocycles. The Morgan fingerprint density at radius 2 is 1.91 bits per heavy atom. The number of nitrogens with zero attached hydrogens (tertiary/aromatic N) is 1. The van der Waals surface area contributed by atoms with Crippen molar-refractivity contribution in [2.45, 2.75) is 12.8 Å². The van der Waals surface area contributed by atoms with Crippen LogP contribution >= 0.6 is 0 Å². The van der Waals surface area contributed by atoms with Crippen molar-refractivity contribution in [3.8, 4) is 0 Å². The maximum atomic E-state index is 12.3. The van der Waals surface area contributed by atoms with Crippen LogP contribution < -0.4 is 5.32 Å². The summed E-state index contributed by atoms with van der Waals surface area (Å²) in [5, 5.41) is 13.2. The minimum Gasteiger partial charge on any atom is -0.481 e. The summed E-state index contributed by atoms with van der Waals surface area (Å²) in [6.45, 7) is 0.881. The number of carboxylic acid groups (broad SMARTS) is 1. The van der Waals surface area contributed by atoms with E-state index in [0.717, 1.165) is 10.9 Å². The maximum absolute atomic E-state index is 12.3. The van der Waals surface area contributed by atoms with Crippen molar-refractivity contribution >= 4 is 22.8 Å². The molecule has 1 saturated heterocycles. The molecule has 6 nitrogen and oxygen atoms in total. The van der Waals surface area contributed by atoms with Gasteiger partial charge in [0.2, 0.25) is 0 Å². The maximum Gasteiger partial charge on any atom is 0.311 e. The molecule has 1 fully saturated rings. The number of carbonyl (C=O) groups excluding carboxylic acids is 1. The van der Waals surface area contributed by atoms with Crippen LogP contribution in [-0.4, -0.2) is 41.7 Å². The number of para-hydroxylation sites is 1. The Kier molecular flexibility index (Phi) is 4.25. The Balaban J connectivity index is 1.73. The summed E-state index contributed by atoms with van der Waals surface area (Å²) in [5.41, 5.74) is 0.0700. The zero-order valence-corrected chi connectivity index (χ0v) is 12.6. The van der Waals surface area contributed by atoms with E-state index in [2.05, 4.69) is 10.3 Å². The van der Waals surface area contributed by atoms with E-state index in [1.54, 1.807) is 6.07 Å². The molecule has 2 aromatic rings. The van der Waals surface area contributed by atoms with Gasteiger partial charge in [0, 0.05) is 25.1 Å². The van der Waals surface area contributed by atoms with Crippen molar-refractivity contribution in [1.82, 2.24) is 10.3 Å². The van der Waals surface area contributed by atoms with Gasteiger partial charge >= 0.3 is 5.97 Å². The van der Waals surface area contributed by atoms with Gasteiger partial charge in [-0.3, -0.25) is 9.59 Å². The van der Waals surface area contributed by atoms with Crippen molar-refractivity contribution < 1.29 is 19.4 Å². The van der Waals surface area contributed by atoms with Gasteiger partial charge in [0.05, 0.1) is 10.9 Å². The minimum absolute atomic E-state index is 0.0824. The lowest BCUT2D eigenvalue weighted by molar-refractivity contribution is -0.154. The average Bonchev–Trinajstić information content (AvgIpc) is 2.60. The lowest BCUT2D eigenvalue weighted by atomic mass is 9.80. The summed E-state index contributed by atoms with van der Waals surface area (Å²) in [7, 11) is 0. The molecular formula is C17H18N2O4. The molecule has 1 aromatic carbocycles.